The monoisotopic (exact) mass is 413 g/mol. The Morgan fingerprint density at radius 2 is 1.94 bits per heavy atom. The van der Waals surface area contributed by atoms with E-state index in [1.54, 1.807) is 0 Å². The Bertz CT molecular complexity index is 1270. The van der Waals surface area contributed by atoms with E-state index in [0.29, 0.717) is 0 Å². The number of rotatable bonds is 3. The molecule has 0 spiro atoms. The van der Waals surface area contributed by atoms with Crippen LogP contribution in [0.2, 0.25) is 0 Å². The minimum absolute atomic E-state index is 0.825. The van der Waals surface area contributed by atoms with E-state index in [2.05, 4.69) is 78.7 Å². The number of likely N-dealkylation sites (N-methyl/N-ethyl adjacent to an activating group) is 1. The summed E-state index contributed by atoms with van der Waals surface area (Å²) in [4.78, 5) is 13.1. The van der Waals surface area contributed by atoms with Crippen molar-refractivity contribution in [2.45, 2.75) is 6.42 Å². The van der Waals surface area contributed by atoms with Crippen molar-refractivity contribution in [1.82, 2.24) is 30.4 Å². The van der Waals surface area contributed by atoms with E-state index < -0.39 is 0 Å². The van der Waals surface area contributed by atoms with Crippen molar-refractivity contribution in [1.29, 1.82) is 0 Å². The number of aromatic nitrogens is 4. The number of hydrogen-bond acceptors (Lipinski definition) is 5. The lowest BCUT2D eigenvalue weighted by atomic mass is 10.0. The Kier molecular flexibility index (Phi) is 4.51. The molecule has 2 aliphatic heterocycles. The van der Waals surface area contributed by atoms with E-state index in [-0.39, 0.29) is 0 Å². The summed E-state index contributed by atoms with van der Waals surface area (Å²) in [5, 5.41) is 13.4. The lowest BCUT2D eigenvalue weighted by Crippen LogP contribution is -2.44. The molecule has 0 unspecified atom stereocenters. The highest BCUT2D eigenvalue weighted by Gasteiger charge is 2.19. The third kappa shape index (κ3) is 3.30. The number of fused-ring (bicyclic) bond motifs is 2. The first-order valence-electron chi connectivity index (χ1n) is 11.1. The topological polar surface area (TPSA) is 75.9 Å². The fourth-order valence-electron chi connectivity index (χ4n) is 4.76. The average Bonchev–Trinajstić information content (AvgIpc) is 3.43. The Morgan fingerprint density at radius 3 is 2.77 bits per heavy atom. The maximum atomic E-state index is 4.65. The highest BCUT2D eigenvalue weighted by atomic mass is 15.2. The van der Waals surface area contributed by atoms with Crippen LogP contribution in [0.1, 0.15) is 12.0 Å². The molecule has 1 fully saturated rings. The third-order valence-electron chi connectivity index (χ3n) is 6.59. The summed E-state index contributed by atoms with van der Waals surface area (Å²) in [5.74, 6) is 0. The molecule has 3 N–H and O–H groups in total. The Balaban J connectivity index is 1.42. The molecule has 7 heteroatoms. The van der Waals surface area contributed by atoms with E-state index >= 15 is 0 Å². The van der Waals surface area contributed by atoms with E-state index in [1.165, 1.54) is 22.2 Å². The zero-order valence-corrected chi connectivity index (χ0v) is 17.8. The molecule has 7 nitrogen and oxygen atoms in total. The summed E-state index contributed by atoms with van der Waals surface area (Å²) in [5.41, 5.74) is 7.77. The lowest BCUT2D eigenvalue weighted by Gasteiger charge is -2.34. The Hall–Kier alpha value is -3.16. The molecule has 158 valence electrons. The Morgan fingerprint density at radius 1 is 1.03 bits per heavy atom. The fraction of sp³-hybridized carbons (Fsp3) is 0.333. The van der Waals surface area contributed by atoms with E-state index in [0.717, 1.165) is 73.6 Å². The number of anilines is 1. The van der Waals surface area contributed by atoms with Crippen molar-refractivity contribution in [3.05, 3.63) is 48.2 Å². The molecule has 1 saturated heterocycles. The van der Waals surface area contributed by atoms with E-state index in [1.807, 2.05) is 6.20 Å². The second kappa shape index (κ2) is 7.51. The van der Waals surface area contributed by atoms with Crippen LogP contribution in [0, 0.1) is 0 Å². The van der Waals surface area contributed by atoms with E-state index in [4.69, 9.17) is 0 Å². The number of piperazine rings is 1. The molecule has 0 atom stereocenters. The minimum Gasteiger partial charge on any atom is -0.368 e. The highest BCUT2D eigenvalue weighted by molar-refractivity contribution is 5.99. The van der Waals surface area contributed by atoms with Gasteiger partial charge in [-0.2, -0.15) is 5.10 Å². The first-order valence-corrected chi connectivity index (χ1v) is 11.1. The molecule has 0 bridgehead atoms. The van der Waals surface area contributed by atoms with Crippen LogP contribution in [0.15, 0.2) is 42.6 Å². The van der Waals surface area contributed by atoms with Gasteiger partial charge in [0.2, 0.25) is 0 Å². The standard InChI is InChI=1S/C24H27N7/c1-30-9-11-31(12-10-30)22-4-2-3-20-18(22)14-21(27-20)23-19-13-17(15-26-24(19)29-28-23)16-5-7-25-8-6-16/h2-5,13-15,25,27H,6-12H2,1H3,(H,26,28,29). The molecular weight excluding hydrogens is 386 g/mol. The molecule has 4 aromatic rings. The maximum Gasteiger partial charge on any atom is 0.155 e. The number of hydrogen-bond donors (Lipinski definition) is 3. The van der Waals surface area contributed by atoms with Crippen LogP contribution in [0.5, 0.6) is 0 Å². The van der Waals surface area contributed by atoms with Crippen molar-refractivity contribution in [3.63, 3.8) is 0 Å². The number of benzene rings is 1. The Labute approximate surface area is 181 Å². The molecule has 3 aromatic heterocycles. The first kappa shape index (κ1) is 18.6. The summed E-state index contributed by atoms with van der Waals surface area (Å²) in [6.45, 7) is 6.23. The average molecular weight is 414 g/mol. The van der Waals surface area contributed by atoms with Crippen molar-refractivity contribution < 1.29 is 0 Å². The van der Waals surface area contributed by atoms with Gasteiger partial charge in [-0.3, -0.25) is 5.10 Å². The van der Waals surface area contributed by atoms with Crippen molar-refractivity contribution >= 4 is 33.2 Å². The molecule has 31 heavy (non-hydrogen) atoms. The van der Waals surface area contributed by atoms with Crippen LogP contribution >= 0.6 is 0 Å². The molecule has 0 amide bonds. The van der Waals surface area contributed by atoms with Crippen molar-refractivity contribution in [2.24, 2.45) is 0 Å². The first-order chi connectivity index (χ1) is 15.3. The van der Waals surface area contributed by atoms with Crippen molar-refractivity contribution in [2.75, 3.05) is 51.2 Å². The van der Waals surface area contributed by atoms with Crippen molar-refractivity contribution in [3.8, 4) is 11.4 Å². The summed E-state index contributed by atoms with van der Waals surface area (Å²) >= 11 is 0. The molecule has 5 heterocycles. The lowest BCUT2D eigenvalue weighted by molar-refractivity contribution is 0.313. The van der Waals surface area contributed by atoms with Gasteiger partial charge in [0.25, 0.3) is 0 Å². The van der Waals surface area contributed by atoms with Gasteiger partial charge in [0, 0.05) is 60.9 Å². The van der Waals surface area contributed by atoms with Gasteiger partial charge in [0.15, 0.2) is 5.65 Å². The SMILES string of the molecule is CN1CCN(c2cccc3[nH]c(-c4n[nH]c5ncc(C6=CCNCC6)cc45)cc23)CC1. The maximum absolute atomic E-state index is 4.65. The van der Waals surface area contributed by atoms with Gasteiger partial charge < -0.3 is 20.1 Å². The number of H-pyrrole nitrogens is 2. The molecule has 6 rings (SSSR count). The van der Waals surface area contributed by atoms with Gasteiger partial charge >= 0.3 is 0 Å². The zero-order chi connectivity index (χ0) is 20.8. The summed E-state index contributed by atoms with van der Waals surface area (Å²) in [6, 6.07) is 11.0. The molecule has 0 aliphatic carbocycles. The molecule has 2 aliphatic rings. The number of aromatic amines is 2. The molecule has 1 aromatic carbocycles. The van der Waals surface area contributed by atoms with Gasteiger partial charge in [0.05, 0.1) is 5.69 Å². The quantitative estimate of drug-likeness (QED) is 0.481. The van der Waals surface area contributed by atoms with Crippen LogP contribution in [-0.2, 0) is 0 Å². The zero-order valence-electron chi connectivity index (χ0n) is 17.8. The third-order valence-corrected chi connectivity index (χ3v) is 6.59. The van der Waals surface area contributed by atoms with Crippen LogP contribution in [0.4, 0.5) is 5.69 Å². The van der Waals surface area contributed by atoms with Gasteiger partial charge in [-0.05, 0) is 55.4 Å². The largest absolute Gasteiger partial charge is 0.368 e. The van der Waals surface area contributed by atoms with E-state index in [9.17, 15) is 0 Å². The van der Waals surface area contributed by atoms with Crippen LogP contribution in [0.3, 0.4) is 0 Å². The molecule has 0 radical (unpaired) electrons. The summed E-state index contributed by atoms with van der Waals surface area (Å²) in [6.07, 6.45) is 5.25. The van der Waals surface area contributed by atoms with Gasteiger partial charge in [0.1, 0.15) is 5.69 Å². The molecule has 0 saturated carbocycles. The second-order valence-corrected chi connectivity index (χ2v) is 8.59. The number of pyridine rings is 1. The predicted molar refractivity (Wildman–Crippen MR) is 126 cm³/mol. The number of nitrogens with one attached hydrogen (secondary N) is 3. The van der Waals surface area contributed by atoms with Gasteiger partial charge in [-0.15, -0.1) is 0 Å². The second-order valence-electron chi connectivity index (χ2n) is 8.59. The summed E-state index contributed by atoms with van der Waals surface area (Å²) < 4.78 is 0. The van der Waals surface area contributed by atoms with Gasteiger partial charge in [-0.25, -0.2) is 4.98 Å². The minimum atomic E-state index is 0.825. The molecular formula is C24H27N7. The van der Waals surface area contributed by atoms with Gasteiger partial charge in [-0.1, -0.05) is 12.1 Å². The fourth-order valence-corrected chi connectivity index (χ4v) is 4.76. The summed E-state index contributed by atoms with van der Waals surface area (Å²) in [7, 11) is 2.19. The normalized spacial score (nSPS) is 18.1. The number of nitrogens with zero attached hydrogens (tertiary/aromatic N) is 4. The highest BCUT2D eigenvalue weighted by Crippen LogP contribution is 2.34. The smallest absolute Gasteiger partial charge is 0.155 e. The van der Waals surface area contributed by atoms with Crippen LogP contribution in [0.25, 0.3) is 38.9 Å². The predicted octanol–water partition coefficient (Wildman–Crippen LogP) is 3.23. The van der Waals surface area contributed by atoms with Crippen LogP contribution in [-0.4, -0.2) is 71.4 Å². The van der Waals surface area contributed by atoms with Crippen LogP contribution < -0.4 is 10.2 Å².